The summed E-state index contributed by atoms with van der Waals surface area (Å²) in [6.07, 6.45) is 5.73. The second-order valence-corrected chi connectivity index (χ2v) is 7.65. The van der Waals surface area contributed by atoms with Crippen LogP contribution in [0.3, 0.4) is 0 Å². The summed E-state index contributed by atoms with van der Waals surface area (Å²) in [5.74, 6) is -0.342. The average molecular weight is 382 g/mol. The molecular formula is C20H22N4O2S. The summed E-state index contributed by atoms with van der Waals surface area (Å²) in [4.78, 5) is 35.3. The van der Waals surface area contributed by atoms with Gasteiger partial charge in [0, 0.05) is 29.7 Å². The van der Waals surface area contributed by atoms with Crippen molar-refractivity contribution >= 4 is 17.2 Å². The van der Waals surface area contributed by atoms with Gasteiger partial charge in [-0.05, 0) is 43.8 Å². The van der Waals surface area contributed by atoms with Gasteiger partial charge in [-0.15, -0.1) is 11.3 Å². The summed E-state index contributed by atoms with van der Waals surface area (Å²) in [6, 6.07) is 5.74. The van der Waals surface area contributed by atoms with Gasteiger partial charge in [-0.3, -0.25) is 19.6 Å². The van der Waals surface area contributed by atoms with Gasteiger partial charge in [0.05, 0.1) is 24.1 Å². The molecule has 0 saturated heterocycles. The molecule has 0 spiro atoms. The molecule has 1 atom stereocenters. The minimum atomic E-state index is -0.342. The molecule has 3 heterocycles. The Balaban J connectivity index is 1.78. The summed E-state index contributed by atoms with van der Waals surface area (Å²) < 4.78 is 1.49. The lowest BCUT2D eigenvalue weighted by molar-refractivity contribution is 0.0937. The van der Waals surface area contributed by atoms with Gasteiger partial charge < -0.3 is 9.88 Å². The SMILES string of the molecule is Cc1cnc(Cn2ccc(C)c(C(=O)N[C@H](C)Cc3cccs3)c2=O)cn1. The van der Waals surface area contributed by atoms with Crippen LogP contribution in [0, 0.1) is 13.8 Å². The molecule has 0 saturated carbocycles. The molecule has 140 valence electrons. The van der Waals surface area contributed by atoms with Crippen molar-refractivity contribution in [2.45, 2.75) is 39.8 Å². The molecule has 3 aromatic rings. The topological polar surface area (TPSA) is 76.9 Å². The van der Waals surface area contributed by atoms with Crippen molar-refractivity contribution in [3.05, 3.63) is 79.9 Å². The number of carbonyl (C=O) groups is 1. The van der Waals surface area contributed by atoms with Crippen molar-refractivity contribution in [1.82, 2.24) is 19.9 Å². The zero-order valence-electron chi connectivity index (χ0n) is 15.6. The summed E-state index contributed by atoms with van der Waals surface area (Å²) in [7, 11) is 0. The number of nitrogens with one attached hydrogen (secondary N) is 1. The number of carbonyl (C=O) groups excluding carboxylic acids is 1. The second-order valence-electron chi connectivity index (χ2n) is 6.61. The zero-order chi connectivity index (χ0) is 19.4. The molecule has 3 aromatic heterocycles. The van der Waals surface area contributed by atoms with E-state index in [1.807, 2.05) is 31.4 Å². The molecule has 1 N–H and O–H groups in total. The number of aryl methyl sites for hydroxylation is 2. The maximum Gasteiger partial charge on any atom is 0.264 e. The van der Waals surface area contributed by atoms with Gasteiger partial charge in [0.15, 0.2) is 0 Å². The first kappa shape index (κ1) is 19.0. The van der Waals surface area contributed by atoms with Crippen LogP contribution in [-0.2, 0) is 13.0 Å². The lowest BCUT2D eigenvalue weighted by atomic mass is 10.1. The van der Waals surface area contributed by atoms with E-state index < -0.39 is 0 Å². The molecule has 0 aromatic carbocycles. The number of pyridine rings is 1. The van der Waals surface area contributed by atoms with E-state index in [1.54, 1.807) is 42.9 Å². The predicted octanol–water partition coefficient (Wildman–Crippen LogP) is 2.73. The average Bonchev–Trinajstić information content (AvgIpc) is 3.12. The molecule has 1 amide bonds. The summed E-state index contributed by atoms with van der Waals surface area (Å²) in [5.41, 5.74) is 2.00. The highest BCUT2D eigenvalue weighted by atomic mass is 32.1. The van der Waals surface area contributed by atoms with Crippen LogP contribution in [0.5, 0.6) is 0 Å². The molecule has 0 fully saturated rings. The predicted molar refractivity (Wildman–Crippen MR) is 106 cm³/mol. The second kappa shape index (κ2) is 8.26. The molecule has 0 bridgehead atoms. The third kappa shape index (κ3) is 4.68. The van der Waals surface area contributed by atoms with Crippen molar-refractivity contribution in [1.29, 1.82) is 0 Å². The van der Waals surface area contributed by atoms with Gasteiger partial charge in [0.2, 0.25) is 0 Å². The van der Waals surface area contributed by atoms with Crippen LogP contribution in [0.15, 0.2) is 47.0 Å². The molecule has 3 rings (SSSR count). The number of aromatic nitrogens is 3. The molecule has 6 nitrogen and oxygen atoms in total. The third-order valence-corrected chi connectivity index (χ3v) is 5.13. The van der Waals surface area contributed by atoms with Crippen LogP contribution in [0.2, 0.25) is 0 Å². The van der Waals surface area contributed by atoms with Crippen molar-refractivity contribution in [3.63, 3.8) is 0 Å². The zero-order valence-corrected chi connectivity index (χ0v) is 16.4. The standard InChI is InChI=1S/C20H22N4O2S/c1-13-6-7-24(12-16-11-21-15(3)10-22-16)20(26)18(13)19(25)23-14(2)9-17-5-4-8-27-17/h4-8,10-11,14H,9,12H2,1-3H3,(H,23,25)/t14-/m1/s1. The lowest BCUT2D eigenvalue weighted by Gasteiger charge is -2.15. The minimum absolute atomic E-state index is 0.0634. The monoisotopic (exact) mass is 382 g/mol. The Labute approximate surface area is 161 Å². The highest BCUT2D eigenvalue weighted by molar-refractivity contribution is 7.09. The van der Waals surface area contributed by atoms with Crippen LogP contribution < -0.4 is 10.9 Å². The molecule has 0 aliphatic heterocycles. The first-order chi connectivity index (χ1) is 12.9. The number of thiophene rings is 1. The Hall–Kier alpha value is -2.80. The Morgan fingerprint density at radius 3 is 2.74 bits per heavy atom. The van der Waals surface area contributed by atoms with E-state index in [1.165, 1.54) is 9.44 Å². The van der Waals surface area contributed by atoms with E-state index in [-0.39, 0.29) is 29.6 Å². The highest BCUT2D eigenvalue weighted by Gasteiger charge is 2.18. The van der Waals surface area contributed by atoms with Crippen molar-refractivity contribution < 1.29 is 4.79 Å². The molecular weight excluding hydrogens is 360 g/mol. The normalized spacial score (nSPS) is 12.0. The highest BCUT2D eigenvalue weighted by Crippen LogP contribution is 2.11. The fourth-order valence-electron chi connectivity index (χ4n) is 2.82. The van der Waals surface area contributed by atoms with E-state index in [4.69, 9.17) is 0 Å². The maximum atomic E-state index is 12.9. The van der Waals surface area contributed by atoms with Gasteiger partial charge in [0.1, 0.15) is 5.56 Å². The number of nitrogens with zero attached hydrogens (tertiary/aromatic N) is 3. The van der Waals surface area contributed by atoms with Crippen LogP contribution in [0.4, 0.5) is 0 Å². The molecule has 7 heteroatoms. The van der Waals surface area contributed by atoms with Crippen molar-refractivity contribution in [3.8, 4) is 0 Å². The maximum absolute atomic E-state index is 12.9. The Morgan fingerprint density at radius 2 is 2.07 bits per heavy atom. The fourth-order valence-corrected chi connectivity index (χ4v) is 3.65. The lowest BCUT2D eigenvalue weighted by Crippen LogP contribution is -2.39. The van der Waals surface area contributed by atoms with Crippen LogP contribution in [0.1, 0.15) is 39.1 Å². The van der Waals surface area contributed by atoms with Crippen LogP contribution >= 0.6 is 11.3 Å². The fraction of sp³-hybridized carbons (Fsp3) is 0.300. The van der Waals surface area contributed by atoms with E-state index in [0.717, 1.165) is 12.1 Å². The molecule has 0 aliphatic carbocycles. The van der Waals surface area contributed by atoms with Gasteiger partial charge in [-0.25, -0.2) is 0 Å². The van der Waals surface area contributed by atoms with Gasteiger partial charge in [0.25, 0.3) is 11.5 Å². The molecule has 0 unspecified atom stereocenters. The molecule has 27 heavy (non-hydrogen) atoms. The number of hydrogen-bond donors (Lipinski definition) is 1. The van der Waals surface area contributed by atoms with E-state index in [9.17, 15) is 9.59 Å². The Bertz CT molecular complexity index is 978. The van der Waals surface area contributed by atoms with Crippen LogP contribution in [0.25, 0.3) is 0 Å². The van der Waals surface area contributed by atoms with E-state index in [2.05, 4.69) is 15.3 Å². The summed E-state index contributed by atoms with van der Waals surface area (Å²) in [5, 5.41) is 4.95. The third-order valence-electron chi connectivity index (χ3n) is 4.23. The Morgan fingerprint density at radius 1 is 1.26 bits per heavy atom. The summed E-state index contributed by atoms with van der Waals surface area (Å²) >= 11 is 1.66. The van der Waals surface area contributed by atoms with E-state index >= 15 is 0 Å². The van der Waals surface area contributed by atoms with E-state index in [0.29, 0.717) is 11.3 Å². The first-order valence-corrected chi connectivity index (χ1v) is 9.63. The quantitative estimate of drug-likeness (QED) is 0.711. The van der Waals surface area contributed by atoms with Gasteiger partial charge in [-0.2, -0.15) is 0 Å². The van der Waals surface area contributed by atoms with Crippen LogP contribution in [-0.4, -0.2) is 26.5 Å². The van der Waals surface area contributed by atoms with Gasteiger partial charge >= 0.3 is 0 Å². The molecule has 0 aliphatic rings. The molecule has 0 radical (unpaired) electrons. The van der Waals surface area contributed by atoms with Gasteiger partial charge in [-0.1, -0.05) is 6.07 Å². The minimum Gasteiger partial charge on any atom is -0.349 e. The van der Waals surface area contributed by atoms with Crippen molar-refractivity contribution in [2.24, 2.45) is 0 Å². The number of amides is 1. The Kier molecular flexibility index (Phi) is 5.81. The van der Waals surface area contributed by atoms with Crippen molar-refractivity contribution in [2.75, 3.05) is 0 Å². The smallest absolute Gasteiger partial charge is 0.264 e. The number of rotatable bonds is 6. The first-order valence-electron chi connectivity index (χ1n) is 8.75. The summed E-state index contributed by atoms with van der Waals surface area (Å²) in [6.45, 7) is 5.85. The largest absolute Gasteiger partial charge is 0.349 e. The number of hydrogen-bond acceptors (Lipinski definition) is 5.